The van der Waals surface area contributed by atoms with Gasteiger partial charge in [-0.3, -0.25) is 10.1 Å². The van der Waals surface area contributed by atoms with Crippen molar-refractivity contribution in [3.8, 4) is 0 Å². The maximum Gasteiger partial charge on any atom is 0.407 e. The number of hydrogen-bond acceptors (Lipinski definition) is 5. The Morgan fingerprint density at radius 1 is 1.20 bits per heavy atom. The van der Waals surface area contributed by atoms with Crippen LogP contribution in [0.25, 0.3) is 0 Å². The Labute approximate surface area is 117 Å². The smallest absolute Gasteiger partial charge is 0.407 e. The number of nitrogens with one attached hydrogen (secondary N) is 2. The van der Waals surface area contributed by atoms with Gasteiger partial charge in [0.1, 0.15) is 11.6 Å². The van der Waals surface area contributed by atoms with Crippen molar-refractivity contribution in [2.75, 3.05) is 20.2 Å². The van der Waals surface area contributed by atoms with Crippen molar-refractivity contribution in [3.05, 3.63) is 0 Å². The molecule has 0 saturated carbocycles. The molecule has 0 aliphatic rings. The second kappa shape index (κ2) is 7.37. The standard InChI is InChI=1S/C12H22F2N2O4/c1-8(9(17)19-5)15-6-12(13,14)7-16-10(18)20-11(2,3)4/h8,15H,6-7H2,1-5H3,(H,16,18). The molecule has 0 heterocycles. The molecule has 118 valence electrons. The van der Waals surface area contributed by atoms with Crippen LogP contribution in [0.15, 0.2) is 0 Å². The summed E-state index contributed by atoms with van der Waals surface area (Å²) in [7, 11) is 1.17. The first-order valence-corrected chi connectivity index (χ1v) is 6.13. The molecule has 0 aliphatic heterocycles. The van der Waals surface area contributed by atoms with E-state index in [9.17, 15) is 18.4 Å². The number of alkyl carbamates (subject to hydrolysis) is 1. The van der Waals surface area contributed by atoms with Crippen molar-refractivity contribution < 1.29 is 27.8 Å². The van der Waals surface area contributed by atoms with E-state index >= 15 is 0 Å². The summed E-state index contributed by atoms with van der Waals surface area (Å²) in [5, 5.41) is 4.31. The van der Waals surface area contributed by atoms with Gasteiger partial charge in [-0.1, -0.05) is 0 Å². The molecule has 1 unspecified atom stereocenters. The Morgan fingerprint density at radius 3 is 2.20 bits per heavy atom. The summed E-state index contributed by atoms with van der Waals surface area (Å²) in [5.41, 5.74) is -0.753. The van der Waals surface area contributed by atoms with Gasteiger partial charge in [-0.25, -0.2) is 13.6 Å². The molecular formula is C12H22F2N2O4. The van der Waals surface area contributed by atoms with Crippen LogP contribution in [0.3, 0.4) is 0 Å². The van der Waals surface area contributed by atoms with Crippen LogP contribution >= 0.6 is 0 Å². The maximum absolute atomic E-state index is 13.5. The van der Waals surface area contributed by atoms with Crippen LogP contribution in [0.4, 0.5) is 13.6 Å². The number of halogens is 2. The molecule has 0 aliphatic carbocycles. The number of hydrogen-bond donors (Lipinski definition) is 2. The summed E-state index contributed by atoms with van der Waals surface area (Å²) in [4.78, 5) is 22.3. The van der Waals surface area contributed by atoms with Gasteiger partial charge >= 0.3 is 12.1 Å². The van der Waals surface area contributed by atoms with Gasteiger partial charge in [0, 0.05) is 0 Å². The highest BCUT2D eigenvalue weighted by atomic mass is 19.3. The molecule has 20 heavy (non-hydrogen) atoms. The Hall–Kier alpha value is -1.44. The fraction of sp³-hybridized carbons (Fsp3) is 0.833. The quantitative estimate of drug-likeness (QED) is 0.722. The summed E-state index contributed by atoms with van der Waals surface area (Å²) < 4.78 is 36.2. The van der Waals surface area contributed by atoms with Crippen LogP contribution in [-0.4, -0.2) is 49.8 Å². The average molecular weight is 296 g/mol. The highest BCUT2D eigenvalue weighted by molar-refractivity contribution is 5.75. The van der Waals surface area contributed by atoms with E-state index in [0.29, 0.717) is 0 Å². The second-order valence-electron chi connectivity index (χ2n) is 5.34. The molecule has 2 N–H and O–H groups in total. The van der Waals surface area contributed by atoms with Crippen molar-refractivity contribution in [2.24, 2.45) is 0 Å². The molecule has 0 spiro atoms. The molecule has 0 aromatic heterocycles. The average Bonchev–Trinajstić information content (AvgIpc) is 2.30. The number of carbonyl (C=O) groups is 2. The Bertz CT molecular complexity index is 343. The molecule has 1 atom stereocenters. The van der Waals surface area contributed by atoms with Gasteiger partial charge in [0.05, 0.1) is 20.2 Å². The third-order valence-electron chi connectivity index (χ3n) is 2.11. The molecule has 0 aromatic rings. The number of alkyl halides is 2. The normalized spacial score (nSPS) is 13.6. The van der Waals surface area contributed by atoms with Crippen LogP contribution < -0.4 is 10.6 Å². The molecular weight excluding hydrogens is 274 g/mol. The number of esters is 1. The van der Waals surface area contributed by atoms with Crippen molar-refractivity contribution in [2.45, 2.75) is 45.3 Å². The Morgan fingerprint density at radius 2 is 1.75 bits per heavy atom. The Balaban J connectivity index is 4.13. The minimum Gasteiger partial charge on any atom is -0.468 e. The van der Waals surface area contributed by atoms with E-state index in [0.717, 1.165) is 0 Å². The van der Waals surface area contributed by atoms with Gasteiger partial charge in [-0.2, -0.15) is 0 Å². The maximum atomic E-state index is 13.5. The van der Waals surface area contributed by atoms with Crippen LogP contribution in [0, 0.1) is 0 Å². The second-order valence-corrected chi connectivity index (χ2v) is 5.34. The zero-order valence-electron chi connectivity index (χ0n) is 12.4. The van der Waals surface area contributed by atoms with Crippen molar-refractivity contribution in [1.82, 2.24) is 10.6 Å². The SMILES string of the molecule is COC(=O)C(C)NCC(F)(F)CNC(=O)OC(C)(C)C. The van der Waals surface area contributed by atoms with E-state index in [1.165, 1.54) is 14.0 Å². The lowest BCUT2D eigenvalue weighted by atomic mass is 10.2. The molecule has 0 radical (unpaired) electrons. The summed E-state index contributed by atoms with van der Waals surface area (Å²) in [6, 6.07) is -0.854. The first-order valence-electron chi connectivity index (χ1n) is 6.13. The van der Waals surface area contributed by atoms with Crippen LogP contribution in [0.5, 0.6) is 0 Å². The third-order valence-corrected chi connectivity index (χ3v) is 2.11. The van der Waals surface area contributed by atoms with Crippen molar-refractivity contribution >= 4 is 12.1 Å². The molecule has 8 heteroatoms. The van der Waals surface area contributed by atoms with E-state index in [2.05, 4.69) is 10.1 Å². The lowest BCUT2D eigenvalue weighted by Gasteiger charge is -2.22. The van der Waals surface area contributed by atoms with Gasteiger partial charge in [-0.15, -0.1) is 0 Å². The number of carbonyl (C=O) groups excluding carboxylic acids is 2. The lowest BCUT2D eigenvalue weighted by Crippen LogP contribution is -2.48. The van der Waals surface area contributed by atoms with Crippen LogP contribution in [-0.2, 0) is 14.3 Å². The largest absolute Gasteiger partial charge is 0.468 e. The number of rotatable bonds is 6. The van der Waals surface area contributed by atoms with E-state index in [-0.39, 0.29) is 0 Å². The first kappa shape index (κ1) is 18.6. The van der Waals surface area contributed by atoms with Crippen LogP contribution in [0.1, 0.15) is 27.7 Å². The van der Waals surface area contributed by atoms with E-state index in [4.69, 9.17) is 4.74 Å². The molecule has 6 nitrogen and oxygen atoms in total. The number of methoxy groups -OCH3 is 1. The van der Waals surface area contributed by atoms with Gasteiger partial charge in [0.2, 0.25) is 0 Å². The topological polar surface area (TPSA) is 76.7 Å². The number of ether oxygens (including phenoxy) is 2. The van der Waals surface area contributed by atoms with E-state index in [1.54, 1.807) is 20.8 Å². The van der Waals surface area contributed by atoms with Gasteiger partial charge in [0.25, 0.3) is 5.92 Å². The van der Waals surface area contributed by atoms with Crippen molar-refractivity contribution in [1.29, 1.82) is 0 Å². The molecule has 0 aromatic carbocycles. The first-order chi connectivity index (χ1) is 8.97. The van der Waals surface area contributed by atoms with Gasteiger partial charge in [0.15, 0.2) is 0 Å². The van der Waals surface area contributed by atoms with Crippen molar-refractivity contribution in [3.63, 3.8) is 0 Å². The minimum atomic E-state index is -3.21. The molecule has 0 saturated heterocycles. The molecule has 0 fully saturated rings. The zero-order valence-corrected chi connectivity index (χ0v) is 12.4. The summed E-state index contributed by atoms with van der Waals surface area (Å²) in [6.07, 6.45) is -0.918. The lowest BCUT2D eigenvalue weighted by molar-refractivity contribution is -0.143. The van der Waals surface area contributed by atoms with Gasteiger partial charge in [-0.05, 0) is 27.7 Å². The summed E-state index contributed by atoms with van der Waals surface area (Å²) in [6.45, 7) is 4.64. The summed E-state index contributed by atoms with van der Waals surface area (Å²) >= 11 is 0. The Kier molecular flexibility index (Phi) is 6.84. The highest BCUT2D eigenvalue weighted by Crippen LogP contribution is 2.12. The van der Waals surface area contributed by atoms with E-state index < -0.39 is 42.7 Å². The summed E-state index contributed by atoms with van der Waals surface area (Å²) in [5.74, 6) is -3.85. The van der Waals surface area contributed by atoms with E-state index in [1.807, 2.05) is 5.32 Å². The van der Waals surface area contributed by atoms with Crippen LogP contribution in [0.2, 0.25) is 0 Å². The third kappa shape index (κ3) is 8.63. The minimum absolute atomic E-state index is 0.638. The monoisotopic (exact) mass is 296 g/mol. The predicted octanol–water partition coefficient (Wildman–Crippen LogP) is 1.30. The fourth-order valence-electron chi connectivity index (χ4n) is 1.14. The predicted molar refractivity (Wildman–Crippen MR) is 68.7 cm³/mol. The zero-order chi connectivity index (χ0) is 16.0. The number of amides is 1. The fourth-order valence-corrected chi connectivity index (χ4v) is 1.14. The van der Waals surface area contributed by atoms with Gasteiger partial charge < -0.3 is 14.8 Å². The molecule has 0 bridgehead atoms. The molecule has 0 rings (SSSR count). The molecule has 1 amide bonds. The highest BCUT2D eigenvalue weighted by Gasteiger charge is 2.31.